The van der Waals surface area contributed by atoms with E-state index in [1.54, 1.807) is 0 Å². The number of Topliss-reactive ketones (excluding diaryl/α,β-unsaturated/α-hetero) is 1. The molecule has 0 bridgehead atoms. The lowest BCUT2D eigenvalue weighted by Crippen LogP contribution is -2.51. The number of hydrogen-bond acceptors (Lipinski definition) is 3. The van der Waals surface area contributed by atoms with Crippen molar-refractivity contribution >= 4 is 5.78 Å². The van der Waals surface area contributed by atoms with Gasteiger partial charge in [0.1, 0.15) is 0 Å². The van der Waals surface area contributed by atoms with E-state index in [1.807, 2.05) is 18.2 Å². The molecule has 3 heteroatoms. The summed E-state index contributed by atoms with van der Waals surface area (Å²) in [5.74, 6) is 0.439. The average molecular weight is 273 g/mol. The minimum atomic E-state index is -0.0117. The van der Waals surface area contributed by atoms with Gasteiger partial charge in [0, 0.05) is 11.6 Å². The zero-order chi connectivity index (χ0) is 14.3. The maximum absolute atomic E-state index is 12.7. The van der Waals surface area contributed by atoms with Crippen LogP contribution in [0.25, 0.3) is 0 Å². The van der Waals surface area contributed by atoms with Gasteiger partial charge in [-0.25, -0.2) is 0 Å². The molecule has 0 spiro atoms. The monoisotopic (exact) mass is 273 g/mol. The van der Waals surface area contributed by atoms with Crippen molar-refractivity contribution < 1.29 is 9.53 Å². The van der Waals surface area contributed by atoms with E-state index < -0.39 is 0 Å². The average Bonchev–Trinajstić information content (AvgIpc) is 2.94. The van der Waals surface area contributed by atoms with Crippen molar-refractivity contribution in [1.82, 2.24) is 4.90 Å². The molecule has 0 saturated carbocycles. The van der Waals surface area contributed by atoms with E-state index in [-0.39, 0.29) is 23.5 Å². The Balaban J connectivity index is 1.89. The van der Waals surface area contributed by atoms with Crippen LogP contribution in [-0.4, -0.2) is 41.5 Å². The first-order valence-corrected chi connectivity index (χ1v) is 7.42. The predicted molar refractivity (Wildman–Crippen MR) is 78.6 cm³/mol. The van der Waals surface area contributed by atoms with Crippen LogP contribution in [0.4, 0.5) is 0 Å². The van der Waals surface area contributed by atoms with E-state index in [0.717, 1.165) is 6.42 Å². The van der Waals surface area contributed by atoms with Gasteiger partial charge in [0.25, 0.3) is 0 Å². The highest BCUT2D eigenvalue weighted by Crippen LogP contribution is 2.38. The van der Waals surface area contributed by atoms with Gasteiger partial charge in [0.2, 0.25) is 0 Å². The van der Waals surface area contributed by atoms with Crippen LogP contribution < -0.4 is 0 Å². The molecule has 0 aromatic heterocycles. The molecular formula is C17H23NO2. The topological polar surface area (TPSA) is 29.5 Å². The van der Waals surface area contributed by atoms with Crippen LogP contribution in [0.5, 0.6) is 0 Å². The molecular weight excluding hydrogens is 250 g/mol. The van der Waals surface area contributed by atoms with Gasteiger partial charge >= 0.3 is 0 Å². The molecule has 2 fully saturated rings. The second kappa shape index (κ2) is 4.97. The summed E-state index contributed by atoms with van der Waals surface area (Å²) in [6, 6.07) is 10.6. The smallest absolute Gasteiger partial charge is 0.157 e. The lowest BCUT2D eigenvalue weighted by molar-refractivity contribution is -0.124. The Morgan fingerprint density at radius 2 is 1.90 bits per heavy atom. The van der Waals surface area contributed by atoms with Crippen molar-refractivity contribution in [3.8, 4) is 0 Å². The van der Waals surface area contributed by atoms with Crippen LogP contribution in [-0.2, 0) is 16.0 Å². The standard InChI is InChI=1S/C17H23NO2/c1-17(2,3)18-14(9-12-7-5-4-6-8-12)16(19)13-10-20-11-15(13)18/h4-8,13-15H,9-11H2,1-3H3/t13-,14?,15+/m0/s1. The van der Waals surface area contributed by atoms with Crippen molar-refractivity contribution in [3.05, 3.63) is 35.9 Å². The number of nitrogens with zero attached hydrogens (tertiary/aromatic N) is 1. The fourth-order valence-corrected chi connectivity index (χ4v) is 3.71. The van der Waals surface area contributed by atoms with Crippen LogP contribution in [0.2, 0.25) is 0 Å². The Morgan fingerprint density at radius 1 is 1.20 bits per heavy atom. The third kappa shape index (κ3) is 2.29. The van der Waals surface area contributed by atoms with E-state index in [2.05, 4.69) is 37.8 Å². The number of hydrogen-bond donors (Lipinski definition) is 0. The summed E-state index contributed by atoms with van der Waals surface area (Å²) in [5.41, 5.74) is 1.23. The van der Waals surface area contributed by atoms with Crippen molar-refractivity contribution in [2.75, 3.05) is 13.2 Å². The highest BCUT2D eigenvalue weighted by molar-refractivity contribution is 5.90. The highest BCUT2D eigenvalue weighted by atomic mass is 16.5. The van der Waals surface area contributed by atoms with Crippen LogP contribution in [0, 0.1) is 5.92 Å². The molecule has 1 aromatic rings. The van der Waals surface area contributed by atoms with Crippen LogP contribution in [0.15, 0.2) is 30.3 Å². The third-order valence-corrected chi connectivity index (χ3v) is 4.48. The first-order chi connectivity index (χ1) is 9.48. The second-order valence-corrected chi connectivity index (χ2v) is 6.90. The predicted octanol–water partition coefficient (Wildman–Crippen LogP) is 2.30. The number of ketones is 1. The molecule has 1 aromatic carbocycles. The zero-order valence-electron chi connectivity index (χ0n) is 12.5. The summed E-state index contributed by atoms with van der Waals surface area (Å²) in [6.45, 7) is 7.87. The first kappa shape index (κ1) is 13.8. The largest absolute Gasteiger partial charge is 0.379 e. The molecule has 3 rings (SSSR count). The van der Waals surface area contributed by atoms with Crippen molar-refractivity contribution in [3.63, 3.8) is 0 Å². The molecule has 0 radical (unpaired) electrons. The van der Waals surface area contributed by atoms with Gasteiger partial charge in [-0.15, -0.1) is 0 Å². The summed E-state index contributed by atoms with van der Waals surface area (Å²) in [7, 11) is 0. The molecule has 0 aliphatic carbocycles. The lowest BCUT2D eigenvalue weighted by Gasteiger charge is -2.39. The summed E-state index contributed by atoms with van der Waals surface area (Å²) in [5, 5.41) is 0. The number of fused-ring (bicyclic) bond motifs is 1. The van der Waals surface area contributed by atoms with Crippen LogP contribution >= 0.6 is 0 Å². The Labute approximate surface area is 120 Å². The number of benzene rings is 1. The third-order valence-electron chi connectivity index (χ3n) is 4.48. The van der Waals surface area contributed by atoms with Gasteiger partial charge in [-0.2, -0.15) is 0 Å². The SMILES string of the molecule is CC(C)(C)N1C(Cc2ccccc2)C(=O)[C@H]2COC[C@H]21. The lowest BCUT2D eigenvalue weighted by atomic mass is 9.97. The molecule has 2 aliphatic heterocycles. The van der Waals surface area contributed by atoms with Crippen LogP contribution in [0.1, 0.15) is 26.3 Å². The van der Waals surface area contributed by atoms with E-state index in [4.69, 9.17) is 4.74 Å². The fraction of sp³-hybridized carbons (Fsp3) is 0.588. The van der Waals surface area contributed by atoms with Crippen LogP contribution in [0.3, 0.4) is 0 Å². The Morgan fingerprint density at radius 3 is 2.55 bits per heavy atom. The molecule has 20 heavy (non-hydrogen) atoms. The van der Waals surface area contributed by atoms with Gasteiger partial charge in [-0.3, -0.25) is 9.69 Å². The molecule has 1 unspecified atom stereocenters. The minimum Gasteiger partial charge on any atom is -0.379 e. The van der Waals surface area contributed by atoms with E-state index in [9.17, 15) is 4.79 Å². The van der Waals surface area contributed by atoms with Gasteiger partial charge in [0.15, 0.2) is 5.78 Å². The van der Waals surface area contributed by atoms with Gasteiger partial charge in [0.05, 0.1) is 25.2 Å². The molecule has 108 valence electrons. The second-order valence-electron chi connectivity index (χ2n) is 6.90. The summed E-state index contributed by atoms with van der Waals surface area (Å²) in [4.78, 5) is 15.1. The Kier molecular flexibility index (Phi) is 3.43. The number of likely N-dealkylation sites (tertiary alicyclic amines) is 1. The highest BCUT2D eigenvalue weighted by Gasteiger charge is 2.53. The number of rotatable bonds is 2. The molecule has 3 atom stereocenters. The maximum atomic E-state index is 12.7. The van der Waals surface area contributed by atoms with Gasteiger partial charge in [-0.05, 0) is 32.8 Å². The maximum Gasteiger partial charge on any atom is 0.157 e. The normalized spacial score (nSPS) is 30.8. The quantitative estimate of drug-likeness (QED) is 0.828. The van der Waals surface area contributed by atoms with E-state index in [1.165, 1.54) is 5.56 Å². The van der Waals surface area contributed by atoms with Gasteiger partial charge < -0.3 is 4.74 Å². The van der Waals surface area contributed by atoms with E-state index in [0.29, 0.717) is 19.0 Å². The molecule has 2 aliphatic rings. The van der Waals surface area contributed by atoms with Gasteiger partial charge in [-0.1, -0.05) is 30.3 Å². The molecule has 3 nitrogen and oxygen atoms in total. The van der Waals surface area contributed by atoms with Crippen molar-refractivity contribution in [1.29, 1.82) is 0 Å². The minimum absolute atomic E-state index is 0.00343. The summed E-state index contributed by atoms with van der Waals surface area (Å²) < 4.78 is 5.54. The molecule has 0 amide bonds. The summed E-state index contributed by atoms with van der Waals surface area (Å²) >= 11 is 0. The van der Waals surface area contributed by atoms with Crippen molar-refractivity contribution in [2.24, 2.45) is 5.92 Å². The fourth-order valence-electron chi connectivity index (χ4n) is 3.71. The molecule has 0 N–H and O–H groups in total. The molecule has 2 saturated heterocycles. The first-order valence-electron chi connectivity index (χ1n) is 7.42. The number of carbonyl (C=O) groups excluding carboxylic acids is 1. The Hall–Kier alpha value is -1.19. The van der Waals surface area contributed by atoms with Crippen molar-refractivity contribution in [2.45, 2.75) is 44.8 Å². The summed E-state index contributed by atoms with van der Waals surface area (Å²) in [6.07, 6.45) is 0.809. The van der Waals surface area contributed by atoms with E-state index >= 15 is 0 Å². The number of ether oxygens (including phenoxy) is 1. The number of carbonyl (C=O) groups is 1. The Bertz CT molecular complexity index is 491. The zero-order valence-corrected chi connectivity index (χ0v) is 12.5. The molecule has 2 heterocycles.